The molecule has 0 radical (unpaired) electrons. The number of esters is 3. The highest BCUT2D eigenvalue weighted by Gasteiger charge is 2.58. The molecule has 0 unspecified atom stereocenters. The van der Waals surface area contributed by atoms with E-state index in [1.807, 2.05) is 82.4 Å². The van der Waals surface area contributed by atoms with E-state index in [2.05, 4.69) is 79.5 Å². The summed E-state index contributed by atoms with van der Waals surface area (Å²) in [5.74, 6) is 2.27. The van der Waals surface area contributed by atoms with E-state index in [9.17, 15) is 46.3 Å². The molecule has 6 heterocycles. The third-order valence-corrected chi connectivity index (χ3v) is 24.9. The smallest absolute Gasteiger partial charge is 0.416 e. The molecule has 15 rings (SSSR count). The van der Waals surface area contributed by atoms with Gasteiger partial charge in [-0.25, -0.2) is 18.8 Å². The molecular formula is C88H100F4N6O12. The van der Waals surface area contributed by atoms with Gasteiger partial charge in [-0.05, 0) is 249 Å². The normalized spacial score (nSPS) is 31.2. The van der Waals surface area contributed by atoms with Crippen LogP contribution in [-0.4, -0.2) is 107 Å². The van der Waals surface area contributed by atoms with Crippen LogP contribution in [0.1, 0.15) is 141 Å². The average Bonchev–Trinajstić information content (AvgIpc) is 1.68. The van der Waals surface area contributed by atoms with Crippen LogP contribution in [0.25, 0.3) is 51.6 Å². The van der Waals surface area contributed by atoms with Gasteiger partial charge in [-0.3, -0.25) is 29.3 Å². The molecule has 582 valence electrons. The van der Waals surface area contributed by atoms with Crippen molar-refractivity contribution in [2.45, 2.75) is 161 Å². The molecule has 3 amide bonds. The van der Waals surface area contributed by atoms with Crippen molar-refractivity contribution in [3.05, 3.63) is 181 Å². The molecule has 9 fully saturated rings. The Bertz CT molecular complexity index is 4290. The topological polar surface area (TPSA) is 233 Å². The van der Waals surface area contributed by atoms with Crippen molar-refractivity contribution >= 4 is 54.4 Å². The summed E-state index contributed by atoms with van der Waals surface area (Å²) in [6.07, 6.45) is 22.6. The van der Waals surface area contributed by atoms with Gasteiger partial charge in [-0.15, -0.1) is 0 Å². The van der Waals surface area contributed by atoms with Crippen molar-refractivity contribution in [2.24, 2.45) is 88.8 Å². The highest BCUT2D eigenvalue weighted by Crippen LogP contribution is 2.57. The highest BCUT2D eigenvalue weighted by molar-refractivity contribution is 5.78. The van der Waals surface area contributed by atoms with E-state index in [-0.39, 0.29) is 132 Å². The molecule has 18 nitrogen and oxygen atoms in total. The Morgan fingerprint density at radius 3 is 1.12 bits per heavy atom. The number of carbonyl (C=O) groups excluding carboxylic acids is 6. The number of ether oxygens (including phenoxy) is 6. The zero-order valence-electron chi connectivity index (χ0n) is 63.1. The molecule has 0 bridgehead atoms. The first kappa shape index (κ1) is 78.4. The van der Waals surface area contributed by atoms with Crippen LogP contribution in [0, 0.1) is 94.6 Å². The Morgan fingerprint density at radius 1 is 0.436 bits per heavy atom. The lowest BCUT2D eigenvalue weighted by Gasteiger charge is -2.47. The quantitative estimate of drug-likeness (QED) is 0.0493. The fourth-order valence-electron chi connectivity index (χ4n) is 20.1. The number of hydrogen-bond acceptors (Lipinski definition) is 15. The number of fused-ring (bicyclic) bond motifs is 6. The second-order valence-corrected chi connectivity index (χ2v) is 31.3. The molecule has 21 atom stereocenters. The van der Waals surface area contributed by atoms with Gasteiger partial charge >= 0.3 is 42.4 Å². The number of hydrogen-bond donors (Lipinski definition) is 3. The van der Waals surface area contributed by atoms with Crippen molar-refractivity contribution < 1.29 is 74.8 Å². The molecular weight excluding hydrogens is 1410 g/mol. The Hall–Kier alpha value is -9.73. The standard InChI is InChI=1S/C30H33F3N2O4.C29H33FN2O4.C29H34N2O4/c1-3-38-29(37)35-23-10-11-24-20(14-23)15-26-27(17(2)39-28(26)36)25(24)12-9-22-8-7-19(16-34-22)18-5-4-6-21(13-18)30(31,32)33;1-3-35-29(34)32-23-10-11-24-20(14-23)15-26-27(17(2)36-28(26)33)25(24)12-9-22-8-7-19(16-31-22)18-5-4-6-21(30)13-18;1-3-34-29(33)31-23-12-13-24-21(15-23)16-26-27(18(2)35-28(26)32)25(24)14-11-22-10-9-20(17-30-22)19-7-5-4-6-8-19/h4-9,12-13,16-17,20,23-27H,3,10-11,14-15H2,1-2H3,(H,35,37);4-9,12-13,16-17,20,23-27H,3,10-11,14-15H2,1-2H3,(H,32,34);4-11,14,17-18,21,23-27H,3,12-13,15-16H2,1-2H3,(H,31,33)/b2*12-9+;14-11+/t2*17-,20+,23-,24-,25+,26-,27+;18-,21+,23-,24-,25+,26-,27+/m111/s1. The zero-order chi connectivity index (χ0) is 77.3. The van der Waals surface area contributed by atoms with Crippen LogP contribution in [0.2, 0.25) is 0 Å². The average molecular weight is 1510 g/mol. The SMILES string of the molecule is CCOC(=O)N[C@@H]1CC[C@@H]2[C@@H](C1)C[C@H]1C(=O)O[C@H](C)[C@H]1[C@H]2/C=C/c1ccc(-c2cccc(C(F)(F)F)c2)cn1.CCOC(=O)N[C@@H]1CC[C@@H]2[C@@H](C1)C[C@H]1C(=O)O[C@H](C)[C@H]1[C@H]2/C=C/c1ccc(-c2cccc(F)c2)cn1.CCOC(=O)N[C@@H]1CC[C@@H]2[C@@H](C1)C[C@H]1C(=O)O[C@H](C)[C@H]1[C@H]2/C=C/c1ccc(-c2ccccc2)cn1. The first-order chi connectivity index (χ1) is 53.1. The largest absolute Gasteiger partial charge is 0.462 e. The number of alkyl halides is 3. The van der Waals surface area contributed by atoms with Crippen LogP contribution in [-0.2, 0) is 49.0 Å². The van der Waals surface area contributed by atoms with Crippen LogP contribution >= 0.6 is 0 Å². The number of allylic oxidation sites excluding steroid dienone is 3. The molecule has 6 aromatic rings. The minimum absolute atomic E-state index is 0.0198. The number of aromatic nitrogens is 3. The van der Waals surface area contributed by atoms with Gasteiger partial charge in [0, 0.05) is 71.2 Å². The van der Waals surface area contributed by atoms with Gasteiger partial charge in [-0.1, -0.05) is 91.0 Å². The lowest BCUT2D eigenvalue weighted by molar-refractivity contribution is -0.145. The molecule has 22 heteroatoms. The summed E-state index contributed by atoms with van der Waals surface area (Å²) in [5.41, 5.74) is 6.69. The Morgan fingerprint density at radius 2 is 0.782 bits per heavy atom. The lowest BCUT2D eigenvalue weighted by atomic mass is 9.57. The molecule has 3 saturated heterocycles. The van der Waals surface area contributed by atoms with Crippen molar-refractivity contribution in [3.8, 4) is 33.4 Å². The lowest BCUT2D eigenvalue weighted by Crippen LogP contribution is -2.48. The third-order valence-electron chi connectivity index (χ3n) is 24.9. The summed E-state index contributed by atoms with van der Waals surface area (Å²) in [6.45, 7) is 12.4. The summed E-state index contributed by atoms with van der Waals surface area (Å²) in [5, 5.41) is 8.98. The summed E-state index contributed by atoms with van der Waals surface area (Å²) in [7, 11) is 0. The summed E-state index contributed by atoms with van der Waals surface area (Å²) in [4.78, 5) is 87.7. The second-order valence-electron chi connectivity index (χ2n) is 31.3. The first-order valence-electron chi connectivity index (χ1n) is 39.4. The minimum atomic E-state index is -4.40. The Labute approximate surface area is 640 Å². The zero-order valence-corrected chi connectivity index (χ0v) is 63.1. The number of amides is 3. The van der Waals surface area contributed by atoms with Crippen LogP contribution in [0.5, 0.6) is 0 Å². The fourth-order valence-corrected chi connectivity index (χ4v) is 20.1. The predicted octanol–water partition coefficient (Wildman–Crippen LogP) is 17.6. The van der Waals surface area contributed by atoms with E-state index in [0.29, 0.717) is 66.2 Å². The number of alkyl carbamates (subject to hydrolysis) is 3. The Balaban J connectivity index is 0.000000145. The van der Waals surface area contributed by atoms with Gasteiger partial charge < -0.3 is 44.4 Å². The molecule has 3 aromatic carbocycles. The van der Waals surface area contributed by atoms with Gasteiger partial charge in [0.1, 0.15) is 24.1 Å². The highest BCUT2D eigenvalue weighted by atomic mass is 19.4. The first-order valence-corrected chi connectivity index (χ1v) is 39.4. The Kier molecular flexibility index (Phi) is 25.0. The number of rotatable bonds is 15. The number of cyclic esters (lactones) is 3. The molecule has 9 aliphatic rings. The van der Waals surface area contributed by atoms with Crippen LogP contribution in [0.4, 0.5) is 31.9 Å². The molecule has 6 aliphatic carbocycles. The monoisotopic (exact) mass is 1510 g/mol. The van der Waals surface area contributed by atoms with Gasteiger partial charge in [0.15, 0.2) is 0 Å². The molecule has 110 heavy (non-hydrogen) atoms. The molecule has 3 aliphatic heterocycles. The molecule has 6 saturated carbocycles. The fraction of sp³-hybridized carbons (Fsp3) is 0.489. The summed E-state index contributed by atoms with van der Waals surface area (Å²) >= 11 is 0. The van der Waals surface area contributed by atoms with E-state index in [1.54, 1.807) is 50.5 Å². The van der Waals surface area contributed by atoms with E-state index in [0.717, 1.165) is 123 Å². The van der Waals surface area contributed by atoms with E-state index in [1.165, 1.54) is 18.2 Å². The van der Waals surface area contributed by atoms with Crippen molar-refractivity contribution in [3.63, 3.8) is 0 Å². The van der Waals surface area contributed by atoms with Crippen molar-refractivity contribution in [2.75, 3.05) is 19.8 Å². The van der Waals surface area contributed by atoms with E-state index < -0.39 is 17.8 Å². The van der Waals surface area contributed by atoms with Gasteiger partial charge in [0.25, 0.3) is 0 Å². The van der Waals surface area contributed by atoms with Crippen LogP contribution < -0.4 is 16.0 Å². The maximum Gasteiger partial charge on any atom is 0.416 e. The predicted molar refractivity (Wildman–Crippen MR) is 407 cm³/mol. The van der Waals surface area contributed by atoms with Crippen molar-refractivity contribution in [1.82, 2.24) is 30.9 Å². The van der Waals surface area contributed by atoms with Crippen LogP contribution in [0.3, 0.4) is 0 Å². The molecule has 0 spiro atoms. The van der Waals surface area contributed by atoms with E-state index >= 15 is 0 Å². The number of pyridine rings is 3. The van der Waals surface area contributed by atoms with Gasteiger partial charge in [-0.2, -0.15) is 13.2 Å². The number of nitrogens with one attached hydrogen (secondary N) is 3. The van der Waals surface area contributed by atoms with Crippen LogP contribution in [0.15, 0.2) is 152 Å². The number of carbonyl (C=O) groups is 6. The maximum absolute atomic E-state index is 13.6. The second kappa shape index (κ2) is 35.1. The minimum Gasteiger partial charge on any atom is -0.462 e. The summed E-state index contributed by atoms with van der Waals surface area (Å²) in [6, 6.07) is 33.7. The van der Waals surface area contributed by atoms with E-state index in [4.69, 9.17) is 28.4 Å². The third kappa shape index (κ3) is 18.3. The van der Waals surface area contributed by atoms with Gasteiger partial charge in [0.05, 0.1) is 60.2 Å². The maximum atomic E-state index is 13.6. The number of nitrogens with zero attached hydrogens (tertiary/aromatic N) is 3. The number of halogens is 4. The van der Waals surface area contributed by atoms with Crippen molar-refractivity contribution in [1.29, 1.82) is 0 Å². The van der Waals surface area contributed by atoms with Gasteiger partial charge in [0.2, 0.25) is 0 Å². The summed E-state index contributed by atoms with van der Waals surface area (Å²) < 4.78 is 85.2. The molecule has 3 N–H and O–H groups in total. The number of benzene rings is 3. The molecule has 3 aromatic heterocycles.